The Kier molecular flexibility index (Phi) is 7.61. The van der Waals surface area contributed by atoms with Gasteiger partial charge in [-0.15, -0.1) is 0 Å². The lowest BCUT2D eigenvalue weighted by Gasteiger charge is -2.23. The van der Waals surface area contributed by atoms with Crippen LogP contribution >= 0.6 is 11.6 Å². The zero-order valence-corrected chi connectivity index (χ0v) is 19.2. The van der Waals surface area contributed by atoms with Gasteiger partial charge in [0.15, 0.2) is 6.61 Å². The molecule has 0 saturated carbocycles. The van der Waals surface area contributed by atoms with Gasteiger partial charge < -0.3 is 14.8 Å². The summed E-state index contributed by atoms with van der Waals surface area (Å²) in [6.07, 6.45) is 0. The number of nitrogens with zero attached hydrogens (tertiary/aromatic N) is 1. The Balaban J connectivity index is 1.81. The summed E-state index contributed by atoms with van der Waals surface area (Å²) in [6.45, 7) is 1.73. The third-order valence-electron chi connectivity index (χ3n) is 4.55. The predicted molar refractivity (Wildman–Crippen MR) is 125 cm³/mol. The second-order valence-electron chi connectivity index (χ2n) is 6.66. The highest BCUT2D eigenvalue weighted by atomic mass is 35.5. The molecule has 0 unspecified atom stereocenters. The number of amides is 1. The molecule has 3 aromatic rings. The molecule has 3 aromatic carbocycles. The van der Waals surface area contributed by atoms with E-state index in [2.05, 4.69) is 5.32 Å². The van der Waals surface area contributed by atoms with Crippen LogP contribution in [0.2, 0.25) is 5.02 Å². The lowest BCUT2D eigenvalue weighted by Crippen LogP contribution is -2.30. The molecular weight excluding hydrogens is 452 g/mol. The van der Waals surface area contributed by atoms with Gasteiger partial charge in [-0.05, 0) is 61.5 Å². The fraction of sp³-hybridized carbons (Fsp3) is 0.174. The minimum absolute atomic E-state index is 0.0259. The van der Waals surface area contributed by atoms with Crippen LogP contribution in [0, 0.1) is 0 Å². The van der Waals surface area contributed by atoms with E-state index in [1.807, 2.05) is 6.07 Å². The molecule has 0 bridgehead atoms. The zero-order valence-electron chi connectivity index (χ0n) is 17.6. The Morgan fingerprint density at radius 2 is 1.72 bits per heavy atom. The third kappa shape index (κ3) is 5.52. The maximum Gasteiger partial charge on any atom is 0.264 e. The number of methoxy groups -OCH3 is 1. The van der Waals surface area contributed by atoms with E-state index in [1.54, 1.807) is 55.5 Å². The molecule has 3 rings (SSSR count). The Hall–Kier alpha value is -3.23. The van der Waals surface area contributed by atoms with Crippen molar-refractivity contribution in [3.63, 3.8) is 0 Å². The van der Waals surface area contributed by atoms with E-state index in [0.717, 1.165) is 0 Å². The van der Waals surface area contributed by atoms with Gasteiger partial charge in [0.2, 0.25) is 0 Å². The molecule has 32 heavy (non-hydrogen) atoms. The van der Waals surface area contributed by atoms with Crippen molar-refractivity contribution in [2.75, 3.05) is 29.9 Å². The molecular formula is C23H23ClN2O5S. The smallest absolute Gasteiger partial charge is 0.264 e. The number of hydrogen-bond donors (Lipinski definition) is 1. The average Bonchev–Trinajstić information content (AvgIpc) is 2.79. The summed E-state index contributed by atoms with van der Waals surface area (Å²) in [6, 6.07) is 19.7. The van der Waals surface area contributed by atoms with Gasteiger partial charge in [-0.25, -0.2) is 8.42 Å². The zero-order chi connectivity index (χ0) is 23.1. The number of nitrogens with one attached hydrogen (secondary N) is 1. The lowest BCUT2D eigenvalue weighted by molar-refractivity contribution is -0.118. The standard InChI is InChI=1S/C23H23ClN2O5S/c1-3-26(18-7-5-4-6-8-18)32(28,29)20-13-14-22(30-2)21(15-20)25-23(27)16-31-19-11-9-17(24)10-12-19/h4-15H,3,16H2,1-2H3,(H,25,27). The molecule has 0 aromatic heterocycles. The van der Waals surface area contributed by atoms with Gasteiger partial charge in [0.1, 0.15) is 11.5 Å². The van der Waals surface area contributed by atoms with E-state index < -0.39 is 15.9 Å². The molecule has 0 fully saturated rings. The first-order valence-corrected chi connectivity index (χ1v) is 11.6. The number of carbonyl (C=O) groups is 1. The first-order valence-electron chi connectivity index (χ1n) is 9.79. The van der Waals surface area contributed by atoms with Gasteiger partial charge in [-0.3, -0.25) is 9.10 Å². The summed E-state index contributed by atoms with van der Waals surface area (Å²) >= 11 is 5.84. The summed E-state index contributed by atoms with van der Waals surface area (Å²) in [7, 11) is -2.43. The summed E-state index contributed by atoms with van der Waals surface area (Å²) in [4.78, 5) is 12.4. The Morgan fingerprint density at radius 1 is 1.03 bits per heavy atom. The Labute approximate surface area is 192 Å². The average molecular weight is 475 g/mol. The van der Waals surface area contributed by atoms with E-state index in [0.29, 0.717) is 22.2 Å². The second-order valence-corrected chi connectivity index (χ2v) is 8.96. The fourth-order valence-electron chi connectivity index (χ4n) is 3.02. The van der Waals surface area contributed by atoms with Crippen molar-refractivity contribution >= 4 is 38.9 Å². The first kappa shape index (κ1) is 23.4. The topological polar surface area (TPSA) is 84.9 Å². The highest BCUT2D eigenvalue weighted by Gasteiger charge is 2.25. The molecule has 7 nitrogen and oxygen atoms in total. The van der Waals surface area contributed by atoms with Crippen molar-refractivity contribution in [3.05, 3.63) is 77.8 Å². The number of rotatable bonds is 9. The van der Waals surface area contributed by atoms with E-state index in [-0.39, 0.29) is 23.7 Å². The maximum atomic E-state index is 13.3. The number of para-hydroxylation sites is 1. The largest absolute Gasteiger partial charge is 0.495 e. The van der Waals surface area contributed by atoms with Gasteiger partial charge in [0.25, 0.3) is 15.9 Å². The molecule has 0 spiro atoms. The quantitative estimate of drug-likeness (QED) is 0.490. The van der Waals surface area contributed by atoms with Gasteiger partial charge in [-0.1, -0.05) is 29.8 Å². The van der Waals surface area contributed by atoms with Crippen LogP contribution in [0.25, 0.3) is 0 Å². The van der Waals surface area contributed by atoms with Crippen LogP contribution in [0.5, 0.6) is 11.5 Å². The first-order chi connectivity index (χ1) is 15.3. The molecule has 9 heteroatoms. The van der Waals surface area contributed by atoms with Crippen LogP contribution in [0.4, 0.5) is 11.4 Å². The number of carbonyl (C=O) groups excluding carboxylic acids is 1. The van der Waals surface area contributed by atoms with Gasteiger partial charge in [-0.2, -0.15) is 0 Å². The van der Waals surface area contributed by atoms with Gasteiger partial charge in [0, 0.05) is 11.6 Å². The molecule has 0 atom stereocenters. The Bertz CT molecular complexity index is 1170. The highest BCUT2D eigenvalue weighted by molar-refractivity contribution is 7.92. The summed E-state index contributed by atoms with van der Waals surface area (Å²) in [5.41, 5.74) is 0.773. The maximum absolute atomic E-state index is 13.3. The van der Waals surface area contributed by atoms with Crippen molar-refractivity contribution in [1.82, 2.24) is 0 Å². The van der Waals surface area contributed by atoms with Crippen molar-refractivity contribution in [1.29, 1.82) is 0 Å². The third-order valence-corrected chi connectivity index (χ3v) is 6.70. The van der Waals surface area contributed by atoms with E-state index >= 15 is 0 Å². The number of hydrogen-bond acceptors (Lipinski definition) is 5. The van der Waals surface area contributed by atoms with Crippen LogP contribution in [-0.2, 0) is 14.8 Å². The summed E-state index contributed by atoms with van der Waals surface area (Å²) in [5, 5.41) is 3.21. The lowest BCUT2D eigenvalue weighted by atomic mass is 10.3. The second kappa shape index (κ2) is 10.4. The fourth-order valence-corrected chi connectivity index (χ4v) is 4.65. The molecule has 0 heterocycles. The number of halogens is 1. The number of anilines is 2. The Morgan fingerprint density at radius 3 is 2.34 bits per heavy atom. The molecule has 1 N–H and O–H groups in total. The molecule has 0 radical (unpaired) electrons. The molecule has 0 aliphatic rings. The monoisotopic (exact) mass is 474 g/mol. The normalized spacial score (nSPS) is 11.0. The van der Waals surface area contributed by atoms with Crippen molar-refractivity contribution in [3.8, 4) is 11.5 Å². The van der Waals surface area contributed by atoms with Crippen LogP contribution < -0.4 is 19.1 Å². The van der Waals surface area contributed by atoms with E-state index in [9.17, 15) is 13.2 Å². The van der Waals surface area contributed by atoms with E-state index in [1.165, 1.54) is 29.6 Å². The number of benzene rings is 3. The van der Waals surface area contributed by atoms with Crippen molar-refractivity contribution in [2.24, 2.45) is 0 Å². The van der Waals surface area contributed by atoms with Crippen LogP contribution in [-0.4, -0.2) is 34.6 Å². The van der Waals surface area contributed by atoms with Crippen molar-refractivity contribution in [2.45, 2.75) is 11.8 Å². The minimum Gasteiger partial charge on any atom is -0.495 e. The minimum atomic E-state index is -3.86. The van der Waals surface area contributed by atoms with Crippen LogP contribution in [0.1, 0.15) is 6.92 Å². The summed E-state index contributed by atoms with van der Waals surface area (Å²) < 4.78 is 38.6. The van der Waals surface area contributed by atoms with Gasteiger partial charge >= 0.3 is 0 Å². The molecule has 1 amide bonds. The molecule has 168 valence electrons. The van der Waals surface area contributed by atoms with Crippen LogP contribution in [0.15, 0.2) is 77.7 Å². The predicted octanol–water partition coefficient (Wildman–Crippen LogP) is 4.58. The van der Waals surface area contributed by atoms with Crippen molar-refractivity contribution < 1.29 is 22.7 Å². The number of ether oxygens (including phenoxy) is 2. The van der Waals surface area contributed by atoms with Gasteiger partial charge in [0.05, 0.1) is 23.4 Å². The SMILES string of the molecule is CCN(c1ccccc1)S(=O)(=O)c1ccc(OC)c(NC(=O)COc2ccc(Cl)cc2)c1. The summed E-state index contributed by atoms with van der Waals surface area (Å²) in [5.74, 6) is 0.337. The van der Waals surface area contributed by atoms with E-state index in [4.69, 9.17) is 21.1 Å². The molecule has 0 aliphatic heterocycles. The van der Waals surface area contributed by atoms with Crippen LogP contribution in [0.3, 0.4) is 0 Å². The number of sulfonamides is 1. The highest BCUT2D eigenvalue weighted by Crippen LogP contribution is 2.30. The molecule has 0 saturated heterocycles. The molecule has 0 aliphatic carbocycles.